The van der Waals surface area contributed by atoms with Gasteiger partial charge in [0.05, 0.1) is 28.7 Å². The standard InChI is InChI=1S/C31H48O5.C8H6O4/c1-3-5-6-7-8-9-10-11-12-13-14-15-16-17-21-24-29(33)35-26-31(4-2,25-32)27-36-30(34)28-22-19-18-20-23-28;9-7(10)5-2-1-3-6(4-5)8(11)12/h8-9,11-12,18-20,22-23,32H,3-7,10,13-17,21,24-27H2,1-2H3;1-4H,(H,9,10)(H,11,12)/b9-8+,12-11+;. The number of carboxylic acids is 2. The molecule has 2 aromatic carbocycles. The maximum absolute atomic E-state index is 12.2. The highest BCUT2D eigenvalue weighted by atomic mass is 16.5. The van der Waals surface area contributed by atoms with Crippen molar-refractivity contribution in [1.82, 2.24) is 0 Å². The fourth-order valence-electron chi connectivity index (χ4n) is 4.50. The van der Waals surface area contributed by atoms with Gasteiger partial charge in [-0.25, -0.2) is 14.4 Å². The Kier molecular flexibility index (Phi) is 22.5. The van der Waals surface area contributed by atoms with Crippen LogP contribution in [0.1, 0.15) is 128 Å². The molecule has 0 fully saturated rings. The summed E-state index contributed by atoms with van der Waals surface area (Å²) in [6.07, 6.45) is 22.5. The number of rotatable bonds is 23. The predicted molar refractivity (Wildman–Crippen MR) is 187 cm³/mol. The second-order valence-electron chi connectivity index (χ2n) is 11.8. The molecule has 3 N–H and O–H groups in total. The highest BCUT2D eigenvalue weighted by Gasteiger charge is 2.31. The lowest BCUT2D eigenvalue weighted by molar-refractivity contribution is -0.150. The topological polar surface area (TPSA) is 147 Å². The van der Waals surface area contributed by atoms with Crippen LogP contribution in [0.25, 0.3) is 0 Å². The number of aliphatic hydroxyl groups excluding tert-OH is 1. The quantitative estimate of drug-likeness (QED) is 0.0602. The second-order valence-corrected chi connectivity index (χ2v) is 11.8. The minimum atomic E-state index is -1.13. The lowest BCUT2D eigenvalue weighted by Crippen LogP contribution is -2.37. The number of unbranched alkanes of at least 4 members (excludes halogenated alkanes) is 8. The average molecular weight is 667 g/mol. The lowest BCUT2D eigenvalue weighted by Gasteiger charge is -2.29. The Balaban J connectivity index is 0.000000800. The van der Waals surface area contributed by atoms with E-state index in [0.717, 1.165) is 38.2 Å². The molecule has 0 amide bonds. The van der Waals surface area contributed by atoms with Crippen LogP contribution in [0.5, 0.6) is 0 Å². The smallest absolute Gasteiger partial charge is 0.338 e. The van der Waals surface area contributed by atoms with Gasteiger partial charge in [0.25, 0.3) is 0 Å². The summed E-state index contributed by atoms with van der Waals surface area (Å²) in [4.78, 5) is 45.2. The highest BCUT2D eigenvalue weighted by molar-refractivity contribution is 5.93. The Labute approximate surface area is 285 Å². The zero-order valence-corrected chi connectivity index (χ0v) is 28.6. The number of aliphatic hydroxyl groups is 1. The first kappa shape index (κ1) is 41.8. The Morgan fingerprint density at radius 1 is 0.667 bits per heavy atom. The molecule has 0 aromatic heterocycles. The van der Waals surface area contributed by atoms with Gasteiger partial charge in [-0.2, -0.15) is 0 Å². The Hall–Kier alpha value is -4.24. The number of hydrogen-bond acceptors (Lipinski definition) is 7. The van der Waals surface area contributed by atoms with Crippen LogP contribution in [0, 0.1) is 5.41 Å². The van der Waals surface area contributed by atoms with Crippen LogP contribution in [-0.4, -0.2) is 59.0 Å². The molecule has 0 heterocycles. The summed E-state index contributed by atoms with van der Waals surface area (Å²) in [5, 5.41) is 26.9. The van der Waals surface area contributed by atoms with Crippen molar-refractivity contribution in [3.8, 4) is 0 Å². The van der Waals surface area contributed by atoms with Crippen molar-refractivity contribution >= 4 is 23.9 Å². The number of carbonyl (C=O) groups excluding carboxylic acids is 2. The second kappa shape index (κ2) is 25.8. The molecule has 1 unspecified atom stereocenters. The van der Waals surface area contributed by atoms with Crippen molar-refractivity contribution in [2.75, 3.05) is 19.8 Å². The zero-order chi connectivity index (χ0) is 35.5. The van der Waals surface area contributed by atoms with E-state index in [1.807, 2.05) is 13.0 Å². The molecule has 0 aliphatic heterocycles. The molecule has 2 aromatic rings. The monoisotopic (exact) mass is 666 g/mol. The number of esters is 2. The molecule has 0 saturated heterocycles. The molecule has 0 spiro atoms. The van der Waals surface area contributed by atoms with Crippen molar-refractivity contribution in [3.63, 3.8) is 0 Å². The van der Waals surface area contributed by atoms with Gasteiger partial charge >= 0.3 is 23.9 Å². The van der Waals surface area contributed by atoms with Crippen molar-refractivity contribution in [1.29, 1.82) is 0 Å². The van der Waals surface area contributed by atoms with E-state index in [0.29, 0.717) is 18.4 Å². The summed E-state index contributed by atoms with van der Waals surface area (Å²) in [5.74, 6) is -2.96. The van der Waals surface area contributed by atoms with E-state index in [1.165, 1.54) is 56.7 Å². The third kappa shape index (κ3) is 18.8. The van der Waals surface area contributed by atoms with Crippen LogP contribution in [0.2, 0.25) is 0 Å². The first-order valence-electron chi connectivity index (χ1n) is 17.0. The number of carboxylic acid groups (broad SMARTS) is 2. The van der Waals surface area contributed by atoms with Gasteiger partial charge in [-0.3, -0.25) is 4.79 Å². The largest absolute Gasteiger partial charge is 0.478 e. The minimum absolute atomic E-state index is 0.00466. The summed E-state index contributed by atoms with van der Waals surface area (Å²) in [6, 6.07) is 13.9. The summed E-state index contributed by atoms with van der Waals surface area (Å²) >= 11 is 0. The number of ether oxygens (including phenoxy) is 2. The van der Waals surface area contributed by atoms with E-state index in [4.69, 9.17) is 19.7 Å². The van der Waals surface area contributed by atoms with Gasteiger partial charge in [-0.05, 0) is 75.3 Å². The molecule has 0 saturated carbocycles. The predicted octanol–water partition coefficient (Wildman–Crippen LogP) is 8.67. The molecule has 0 bridgehead atoms. The zero-order valence-electron chi connectivity index (χ0n) is 28.6. The number of aromatic carboxylic acids is 2. The molecule has 2 rings (SSSR count). The fraction of sp³-hybridized carbons (Fsp3) is 0.487. The minimum Gasteiger partial charge on any atom is -0.478 e. The van der Waals surface area contributed by atoms with Crippen molar-refractivity contribution in [2.45, 2.75) is 97.3 Å². The average Bonchev–Trinajstić information content (AvgIpc) is 3.10. The molecule has 1 atom stereocenters. The van der Waals surface area contributed by atoms with Crippen molar-refractivity contribution in [2.24, 2.45) is 5.41 Å². The molecular formula is C39H54O9. The van der Waals surface area contributed by atoms with Gasteiger partial charge in [0, 0.05) is 6.42 Å². The third-order valence-corrected chi connectivity index (χ3v) is 7.83. The van der Waals surface area contributed by atoms with Crippen LogP contribution in [-0.2, 0) is 14.3 Å². The molecule has 264 valence electrons. The van der Waals surface area contributed by atoms with Gasteiger partial charge in [0.15, 0.2) is 0 Å². The van der Waals surface area contributed by atoms with Gasteiger partial charge in [-0.15, -0.1) is 0 Å². The third-order valence-electron chi connectivity index (χ3n) is 7.83. The summed E-state index contributed by atoms with van der Waals surface area (Å²) in [7, 11) is 0. The molecule has 9 heteroatoms. The van der Waals surface area contributed by atoms with Crippen LogP contribution < -0.4 is 0 Å². The van der Waals surface area contributed by atoms with Crippen LogP contribution in [0.15, 0.2) is 78.9 Å². The summed E-state index contributed by atoms with van der Waals surface area (Å²) in [6.45, 7) is 3.95. The number of hydrogen-bond donors (Lipinski definition) is 3. The maximum atomic E-state index is 12.2. The lowest BCUT2D eigenvalue weighted by atomic mass is 9.88. The van der Waals surface area contributed by atoms with Gasteiger partial charge < -0.3 is 24.8 Å². The number of allylic oxidation sites excluding steroid dienone is 4. The number of carbonyl (C=O) groups is 4. The Morgan fingerprint density at radius 2 is 1.21 bits per heavy atom. The van der Waals surface area contributed by atoms with E-state index < -0.39 is 23.3 Å². The van der Waals surface area contributed by atoms with Crippen molar-refractivity contribution < 1.29 is 44.0 Å². The van der Waals surface area contributed by atoms with Gasteiger partial charge in [0.1, 0.15) is 13.2 Å². The summed E-state index contributed by atoms with van der Waals surface area (Å²) < 4.78 is 10.8. The van der Waals surface area contributed by atoms with Crippen LogP contribution in [0.4, 0.5) is 0 Å². The van der Waals surface area contributed by atoms with Crippen LogP contribution >= 0.6 is 0 Å². The molecule has 0 aliphatic rings. The maximum Gasteiger partial charge on any atom is 0.338 e. The molecule has 48 heavy (non-hydrogen) atoms. The van der Waals surface area contributed by atoms with E-state index in [-0.39, 0.29) is 36.9 Å². The molecule has 9 nitrogen and oxygen atoms in total. The Bertz CT molecular complexity index is 1230. The van der Waals surface area contributed by atoms with E-state index >= 15 is 0 Å². The van der Waals surface area contributed by atoms with Gasteiger partial charge in [0.2, 0.25) is 0 Å². The van der Waals surface area contributed by atoms with E-state index in [2.05, 4.69) is 31.2 Å². The Morgan fingerprint density at radius 3 is 1.77 bits per heavy atom. The van der Waals surface area contributed by atoms with E-state index in [9.17, 15) is 24.3 Å². The first-order valence-corrected chi connectivity index (χ1v) is 17.0. The van der Waals surface area contributed by atoms with Gasteiger partial charge in [-0.1, -0.05) is 94.5 Å². The first-order chi connectivity index (χ1) is 23.2. The number of benzene rings is 2. The highest BCUT2D eigenvalue weighted by Crippen LogP contribution is 2.24. The summed E-state index contributed by atoms with van der Waals surface area (Å²) in [5.41, 5.74) is -0.359. The molecular weight excluding hydrogens is 612 g/mol. The fourth-order valence-corrected chi connectivity index (χ4v) is 4.50. The normalized spacial score (nSPS) is 12.2. The molecule has 0 aliphatic carbocycles. The van der Waals surface area contributed by atoms with Crippen molar-refractivity contribution in [3.05, 3.63) is 95.6 Å². The van der Waals surface area contributed by atoms with E-state index in [1.54, 1.807) is 24.3 Å². The SMILES string of the molecule is CCCCC/C=C/C/C=C/CCCCCCCC(=O)OCC(CC)(CO)COC(=O)c1ccccc1.O=C(O)c1cccc(C(=O)O)c1. The molecule has 0 radical (unpaired) electrons. The van der Waals surface area contributed by atoms with Crippen LogP contribution in [0.3, 0.4) is 0 Å².